The Morgan fingerprint density at radius 3 is 2.76 bits per heavy atom. The molecule has 0 unspecified atom stereocenters. The van der Waals surface area contributed by atoms with Crippen molar-refractivity contribution in [1.29, 1.82) is 0 Å². The van der Waals surface area contributed by atoms with Gasteiger partial charge in [-0.1, -0.05) is 52.3 Å². The van der Waals surface area contributed by atoms with Crippen LogP contribution in [0.5, 0.6) is 0 Å². The number of amides is 1. The zero-order valence-electron chi connectivity index (χ0n) is 11.6. The molecular formula is C17H16BrNO2. The lowest BCUT2D eigenvalue weighted by molar-refractivity contribution is 0.0918. The molecule has 0 bridgehead atoms. The number of ether oxygens (including phenoxy) is 1. The van der Waals surface area contributed by atoms with Crippen LogP contribution < -0.4 is 0 Å². The first-order chi connectivity index (χ1) is 10.2. The predicted octanol–water partition coefficient (Wildman–Crippen LogP) is 4.14. The molecule has 3 rings (SSSR count). The van der Waals surface area contributed by atoms with Gasteiger partial charge in [-0.3, -0.25) is 0 Å². The highest BCUT2D eigenvalue weighted by molar-refractivity contribution is 9.10. The molecule has 0 fully saturated rings. The van der Waals surface area contributed by atoms with Gasteiger partial charge in [-0.15, -0.1) is 0 Å². The van der Waals surface area contributed by atoms with Crippen LogP contribution in [0.15, 0.2) is 53.0 Å². The van der Waals surface area contributed by atoms with Crippen molar-refractivity contribution in [3.05, 3.63) is 69.7 Å². The van der Waals surface area contributed by atoms with Gasteiger partial charge in [0.25, 0.3) is 0 Å². The van der Waals surface area contributed by atoms with Crippen LogP contribution >= 0.6 is 15.9 Å². The Hall–Kier alpha value is -1.81. The number of hydrogen-bond donors (Lipinski definition) is 0. The Morgan fingerprint density at radius 1 is 1.14 bits per heavy atom. The summed E-state index contributed by atoms with van der Waals surface area (Å²) in [5, 5.41) is 0. The van der Waals surface area contributed by atoms with E-state index in [2.05, 4.69) is 28.1 Å². The summed E-state index contributed by atoms with van der Waals surface area (Å²) in [6.07, 6.45) is 0.632. The fraction of sp³-hybridized carbons (Fsp3) is 0.235. The minimum absolute atomic E-state index is 0.246. The van der Waals surface area contributed by atoms with Crippen LogP contribution in [0.4, 0.5) is 4.79 Å². The first kappa shape index (κ1) is 14.1. The van der Waals surface area contributed by atoms with E-state index in [0.717, 1.165) is 16.5 Å². The molecule has 0 aliphatic carbocycles. The van der Waals surface area contributed by atoms with Crippen LogP contribution in [0.1, 0.15) is 16.7 Å². The molecule has 2 aromatic carbocycles. The van der Waals surface area contributed by atoms with Crippen LogP contribution in [-0.4, -0.2) is 17.5 Å². The first-order valence-corrected chi connectivity index (χ1v) is 7.74. The highest BCUT2D eigenvalue weighted by Crippen LogP contribution is 2.23. The third kappa shape index (κ3) is 3.45. The summed E-state index contributed by atoms with van der Waals surface area (Å²) in [6, 6.07) is 16.0. The van der Waals surface area contributed by atoms with E-state index in [1.54, 1.807) is 4.90 Å². The highest BCUT2D eigenvalue weighted by atomic mass is 79.9. The van der Waals surface area contributed by atoms with Gasteiger partial charge in [0.15, 0.2) is 0 Å². The standard InChI is InChI=1S/C17H16BrNO2/c18-16-7-6-14-8-9-19(11-15(14)10-16)17(20)21-12-13-4-2-1-3-5-13/h1-7,10H,8-9,11-12H2. The zero-order valence-corrected chi connectivity index (χ0v) is 13.2. The quantitative estimate of drug-likeness (QED) is 0.818. The molecule has 0 atom stereocenters. The van der Waals surface area contributed by atoms with Gasteiger partial charge in [0.2, 0.25) is 0 Å². The maximum absolute atomic E-state index is 12.2. The number of nitrogens with zero attached hydrogens (tertiary/aromatic N) is 1. The summed E-state index contributed by atoms with van der Waals surface area (Å²) in [4.78, 5) is 13.9. The van der Waals surface area contributed by atoms with Gasteiger partial charge in [-0.2, -0.15) is 0 Å². The van der Waals surface area contributed by atoms with Crippen LogP contribution in [0.2, 0.25) is 0 Å². The normalized spacial score (nSPS) is 13.7. The Balaban J connectivity index is 1.61. The van der Waals surface area contributed by atoms with E-state index < -0.39 is 0 Å². The van der Waals surface area contributed by atoms with E-state index in [1.165, 1.54) is 11.1 Å². The number of rotatable bonds is 2. The molecule has 4 heteroatoms. The van der Waals surface area contributed by atoms with Crippen molar-refractivity contribution < 1.29 is 9.53 Å². The Bertz CT molecular complexity index is 642. The number of halogens is 1. The molecule has 1 amide bonds. The zero-order chi connectivity index (χ0) is 14.7. The molecule has 3 nitrogen and oxygen atoms in total. The molecule has 1 aliphatic rings. The molecule has 0 saturated heterocycles. The van der Waals surface area contributed by atoms with Gasteiger partial charge in [0.1, 0.15) is 6.61 Å². The van der Waals surface area contributed by atoms with Crippen molar-refractivity contribution >= 4 is 22.0 Å². The van der Waals surface area contributed by atoms with E-state index in [9.17, 15) is 4.79 Å². The number of carbonyl (C=O) groups is 1. The molecule has 108 valence electrons. The fourth-order valence-corrected chi connectivity index (χ4v) is 2.90. The van der Waals surface area contributed by atoms with E-state index in [4.69, 9.17) is 4.74 Å². The lowest BCUT2D eigenvalue weighted by Gasteiger charge is -2.28. The third-order valence-corrected chi connectivity index (χ3v) is 4.14. The van der Waals surface area contributed by atoms with Gasteiger partial charge in [-0.05, 0) is 35.2 Å². The monoisotopic (exact) mass is 345 g/mol. The summed E-state index contributed by atoms with van der Waals surface area (Å²) >= 11 is 3.47. The summed E-state index contributed by atoms with van der Waals surface area (Å²) in [5.74, 6) is 0. The first-order valence-electron chi connectivity index (χ1n) is 6.95. The van der Waals surface area contributed by atoms with Gasteiger partial charge in [-0.25, -0.2) is 4.79 Å². The van der Waals surface area contributed by atoms with Crippen molar-refractivity contribution in [2.45, 2.75) is 19.6 Å². The van der Waals surface area contributed by atoms with Crippen LogP contribution in [0.25, 0.3) is 0 Å². The van der Waals surface area contributed by atoms with Crippen molar-refractivity contribution in [3.8, 4) is 0 Å². The van der Waals surface area contributed by atoms with Crippen molar-refractivity contribution in [2.75, 3.05) is 6.54 Å². The third-order valence-electron chi connectivity index (χ3n) is 3.64. The maximum atomic E-state index is 12.2. The Kier molecular flexibility index (Phi) is 4.25. The lowest BCUT2D eigenvalue weighted by atomic mass is 10.0. The second-order valence-electron chi connectivity index (χ2n) is 5.12. The number of fused-ring (bicyclic) bond motifs is 1. The average Bonchev–Trinajstić information content (AvgIpc) is 2.53. The van der Waals surface area contributed by atoms with E-state index in [1.807, 2.05) is 36.4 Å². The van der Waals surface area contributed by atoms with Crippen LogP contribution in [0, 0.1) is 0 Å². The fourth-order valence-electron chi connectivity index (χ4n) is 2.49. The Labute approximate surface area is 132 Å². The second-order valence-corrected chi connectivity index (χ2v) is 6.04. The van der Waals surface area contributed by atoms with Crippen LogP contribution in [-0.2, 0) is 24.3 Å². The van der Waals surface area contributed by atoms with E-state index >= 15 is 0 Å². The maximum Gasteiger partial charge on any atom is 0.410 e. The smallest absolute Gasteiger partial charge is 0.410 e. The summed E-state index contributed by atoms with van der Waals surface area (Å²) in [5.41, 5.74) is 3.50. The minimum Gasteiger partial charge on any atom is -0.445 e. The molecule has 0 N–H and O–H groups in total. The van der Waals surface area contributed by atoms with Gasteiger partial charge in [0.05, 0.1) is 0 Å². The van der Waals surface area contributed by atoms with Crippen molar-refractivity contribution in [1.82, 2.24) is 4.90 Å². The molecule has 21 heavy (non-hydrogen) atoms. The molecule has 1 aliphatic heterocycles. The molecular weight excluding hydrogens is 330 g/mol. The summed E-state index contributed by atoms with van der Waals surface area (Å²) < 4.78 is 6.43. The minimum atomic E-state index is -0.246. The number of benzene rings is 2. The highest BCUT2D eigenvalue weighted by Gasteiger charge is 2.21. The number of hydrogen-bond acceptors (Lipinski definition) is 2. The molecule has 1 heterocycles. The van der Waals surface area contributed by atoms with E-state index in [0.29, 0.717) is 19.7 Å². The largest absolute Gasteiger partial charge is 0.445 e. The van der Waals surface area contributed by atoms with Gasteiger partial charge >= 0.3 is 6.09 Å². The molecule has 0 spiro atoms. The predicted molar refractivity (Wildman–Crippen MR) is 84.9 cm³/mol. The average molecular weight is 346 g/mol. The van der Waals surface area contributed by atoms with Crippen molar-refractivity contribution in [3.63, 3.8) is 0 Å². The van der Waals surface area contributed by atoms with Gasteiger partial charge in [0, 0.05) is 17.6 Å². The van der Waals surface area contributed by atoms with Crippen LogP contribution in [0.3, 0.4) is 0 Å². The SMILES string of the molecule is O=C(OCc1ccccc1)N1CCc2ccc(Br)cc2C1. The lowest BCUT2D eigenvalue weighted by Crippen LogP contribution is -2.36. The summed E-state index contributed by atoms with van der Waals surface area (Å²) in [6.45, 7) is 1.65. The van der Waals surface area contributed by atoms with Crippen molar-refractivity contribution in [2.24, 2.45) is 0 Å². The van der Waals surface area contributed by atoms with Gasteiger partial charge < -0.3 is 9.64 Å². The molecule has 0 aromatic heterocycles. The molecule has 0 saturated carbocycles. The second kappa shape index (κ2) is 6.31. The topological polar surface area (TPSA) is 29.5 Å². The molecule has 2 aromatic rings. The Morgan fingerprint density at radius 2 is 1.95 bits per heavy atom. The van der Waals surface area contributed by atoms with E-state index in [-0.39, 0.29) is 6.09 Å². The summed E-state index contributed by atoms with van der Waals surface area (Å²) in [7, 11) is 0. The molecule has 0 radical (unpaired) electrons. The number of carbonyl (C=O) groups excluding carboxylic acids is 1.